The zero-order valence-electron chi connectivity index (χ0n) is 17.2. The molecule has 9 heteroatoms. The first-order chi connectivity index (χ1) is 15.0. The van der Waals surface area contributed by atoms with Gasteiger partial charge >= 0.3 is 0 Å². The summed E-state index contributed by atoms with van der Waals surface area (Å²) in [6.07, 6.45) is 2.55. The Morgan fingerprint density at radius 3 is 2.84 bits per heavy atom. The number of nitrogens with one attached hydrogen (secondary N) is 3. The molecule has 4 amide bonds. The number of ether oxygens (including phenoxy) is 1. The molecule has 4 aliphatic rings. The topological polar surface area (TPSA) is 117 Å². The third kappa shape index (κ3) is 3.56. The number of benzene rings is 1. The minimum Gasteiger partial charge on any atom is -0.376 e. The van der Waals surface area contributed by atoms with Crippen LogP contribution in [0.15, 0.2) is 18.2 Å². The number of rotatable bonds is 5. The SMILES string of the molecule is O=C1CCC(N2C(=O)c3cccc(CNCC4CC5(CCNC5)CO4)c3C2=O)C(=O)N1. The van der Waals surface area contributed by atoms with Gasteiger partial charge in [0.25, 0.3) is 11.8 Å². The van der Waals surface area contributed by atoms with E-state index in [0.29, 0.717) is 24.2 Å². The summed E-state index contributed by atoms with van der Waals surface area (Å²) >= 11 is 0. The van der Waals surface area contributed by atoms with Crippen molar-refractivity contribution in [3.63, 3.8) is 0 Å². The van der Waals surface area contributed by atoms with Gasteiger partial charge < -0.3 is 15.4 Å². The fourth-order valence-electron chi connectivity index (χ4n) is 5.22. The lowest BCUT2D eigenvalue weighted by molar-refractivity contribution is -0.136. The number of carbonyl (C=O) groups excluding carboxylic acids is 4. The summed E-state index contributed by atoms with van der Waals surface area (Å²) in [5, 5.41) is 9.00. The van der Waals surface area contributed by atoms with E-state index < -0.39 is 23.8 Å². The molecule has 3 atom stereocenters. The van der Waals surface area contributed by atoms with Crippen molar-refractivity contribution >= 4 is 23.6 Å². The van der Waals surface area contributed by atoms with Crippen LogP contribution >= 0.6 is 0 Å². The molecular formula is C22H26N4O5. The van der Waals surface area contributed by atoms with Crippen molar-refractivity contribution in [3.8, 4) is 0 Å². The van der Waals surface area contributed by atoms with Crippen LogP contribution in [0.2, 0.25) is 0 Å². The van der Waals surface area contributed by atoms with Crippen molar-refractivity contribution in [2.75, 3.05) is 26.2 Å². The number of carbonyl (C=O) groups is 4. The summed E-state index contributed by atoms with van der Waals surface area (Å²) < 4.78 is 5.97. The highest BCUT2D eigenvalue weighted by Crippen LogP contribution is 2.37. The molecule has 4 aliphatic heterocycles. The fourth-order valence-corrected chi connectivity index (χ4v) is 5.22. The molecule has 5 rings (SSSR count). The van der Waals surface area contributed by atoms with Crippen LogP contribution in [-0.4, -0.2) is 66.9 Å². The molecule has 0 bridgehead atoms. The maximum atomic E-state index is 13.1. The Morgan fingerprint density at radius 2 is 2.06 bits per heavy atom. The molecule has 3 fully saturated rings. The van der Waals surface area contributed by atoms with Crippen LogP contribution in [0.3, 0.4) is 0 Å². The number of nitrogens with zero attached hydrogens (tertiary/aromatic N) is 1. The number of imide groups is 2. The highest BCUT2D eigenvalue weighted by atomic mass is 16.5. The van der Waals surface area contributed by atoms with Crippen LogP contribution in [-0.2, 0) is 20.9 Å². The molecule has 1 aromatic carbocycles. The molecule has 0 radical (unpaired) electrons. The first-order valence-corrected chi connectivity index (χ1v) is 10.8. The van der Waals surface area contributed by atoms with E-state index in [9.17, 15) is 19.2 Å². The smallest absolute Gasteiger partial charge is 0.262 e. The van der Waals surface area contributed by atoms with Gasteiger partial charge in [-0.25, -0.2) is 0 Å². The summed E-state index contributed by atoms with van der Waals surface area (Å²) in [6, 6.07) is 4.24. The predicted molar refractivity (Wildman–Crippen MR) is 109 cm³/mol. The van der Waals surface area contributed by atoms with E-state index in [0.717, 1.165) is 43.0 Å². The van der Waals surface area contributed by atoms with Gasteiger partial charge in [0.05, 0.1) is 23.8 Å². The lowest BCUT2D eigenvalue weighted by Gasteiger charge is -2.27. The number of piperidine rings is 1. The highest BCUT2D eigenvalue weighted by molar-refractivity contribution is 6.24. The highest BCUT2D eigenvalue weighted by Gasteiger charge is 2.45. The summed E-state index contributed by atoms with van der Waals surface area (Å²) in [4.78, 5) is 50.7. The minimum atomic E-state index is -0.950. The van der Waals surface area contributed by atoms with E-state index >= 15 is 0 Å². The Kier molecular flexibility index (Phi) is 5.11. The van der Waals surface area contributed by atoms with Crippen LogP contribution in [0.25, 0.3) is 0 Å². The second-order valence-electron chi connectivity index (χ2n) is 8.98. The Hall–Kier alpha value is -2.62. The van der Waals surface area contributed by atoms with Gasteiger partial charge in [0.2, 0.25) is 11.8 Å². The van der Waals surface area contributed by atoms with E-state index in [4.69, 9.17) is 4.74 Å². The standard InChI is InChI=1S/C22H26N4O5/c27-17-5-4-16(19(28)25-17)26-20(29)15-3-1-2-13(18(15)21(26)30)9-24-10-14-8-22(12-31-14)6-7-23-11-22/h1-3,14,16,23-24H,4-12H2,(H,25,27,28). The summed E-state index contributed by atoms with van der Waals surface area (Å²) in [6.45, 7) is 3.92. The first-order valence-electron chi connectivity index (χ1n) is 10.8. The average Bonchev–Trinajstić information content (AvgIpc) is 3.44. The normalized spacial score (nSPS) is 30.4. The number of hydrogen-bond acceptors (Lipinski definition) is 7. The van der Waals surface area contributed by atoms with E-state index in [1.165, 1.54) is 0 Å². The maximum Gasteiger partial charge on any atom is 0.262 e. The third-order valence-corrected chi connectivity index (χ3v) is 6.86. The molecular weight excluding hydrogens is 400 g/mol. The van der Waals surface area contributed by atoms with E-state index in [1.54, 1.807) is 12.1 Å². The molecule has 31 heavy (non-hydrogen) atoms. The van der Waals surface area contributed by atoms with Crippen LogP contribution in [0.1, 0.15) is 52.0 Å². The fraction of sp³-hybridized carbons (Fsp3) is 0.545. The van der Waals surface area contributed by atoms with Crippen LogP contribution < -0.4 is 16.0 Å². The van der Waals surface area contributed by atoms with Gasteiger partial charge in [0, 0.05) is 31.5 Å². The Morgan fingerprint density at radius 1 is 1.19 bits per heavy atom. The molecule has 0 saturated carbocycles. The summed E-state index contributed by atoms with van der Waals surface area (Å²) in [7, 11) is 0. The largest absolute Gasteiger partial charge is 0.376 e. The van der Waals surface area contributed by atoms with Gasteiger partial charge in [-0.15, -0.1) is 0 Å². The molecule has 4 heterocycles. The monoisotopic (exact) mass is 426 g/mol. The number of amides is 4. The molecule has 0 aliphatic carbocycles. The van der Waals surface area contributed by atoms with Gasteiger partial charge in [-0.2, -0.15) is 0 Å². The van der Waals surface area contributed by atoms with Crippen molar-refractivity contribution in [2.24, 2.45) is 5.41 Å². The van der Waals surface area contributed by atoms with Gasteiger partial charge in [0.15, 0.2) is 0 Å². The lowest BCUT2D eigenvalue weighted by atomic mass is 9.85. The molecule has 3 N–H and O–H groups in total. The second kappa shape index (κ2) is 7.81. The Balaban J connectivity index is 1.26. The Labute approximate surface area is 179 Å². The molecule has 164 valence electrons. The van der Waals surface area contributed by atoms with Crippen LogP contribution in [0.5, 0.6) is 0 Å². The second-order valence-corrected chi connectivity index (χ2v) is 8.98. The lowest BCUT2D eigenvalue weighted by Crippen LogP contribution is -2.54. The van der Waals surface area contributed by atoms with Crippen LogP contribution in [0.4, 0.5) is 0 Å². The van der Waals surface area contributed by atoms with Crippen molar-refractivity contribution in [2.45, 2.75) is 44.4 Å². The predicted octanol–water partition coefficient (Wildman–Crippen LogP) is -0.0540. The third-order valence-electron chi connectivity index (χ3n) is 6.86. The van der Waals surface area contributed by atoms with E-state index in [1.807, 2.05) is 6.07 Å². The summed E-state index contributed by atoms with van der Waals surface area (Å²) in [5.41, 5.74) is 1.63. The summed E-state index contributed by atoms with van der Waals surface area (Å²) in [5.74, 6) is -1.93. The van der Waals surface area contributed by atoms with Gasteiger partial charge in [-0.3, -0.25) is 29.4 Å². The number of hydrogen-bond donors (Lipinski definition) is 3. The van der Waals surface area contributed by atoms with Crippen molar-refractivity contribution in [1.29, 1.82) is 0 Å². The van der Waals surface area contributed by atoms with E-state index in [-0.39, 0.29) is 30.3 Å². The quantitative estimate of drug-likeness (QED) is 0.565. The molecule has 1 spiro atoms. The molecule has 0 aromatic heterocycles. The zero-order valence-corrected chi connectivity index (χ0v) is 17.2. The molecule has 3 unspecified atom stereocenters. The molecule has 1 aromatic rings. The molecule has 3 saturated heterocycles. The zero-order chi connectivity index (χ0) is 21.6. The van der Waals surface area contributed by atoms with Crippen molar-refractivity contribution in [3.05, 3.63) is 34.9 Å². The first kappa shape index (κ1) is 20.3. The van der Waals surface area contributed by atoms with Gasteiger partial charge in [0.1, 0.15) is 6.04 Å². The van der Waals surface area contributed by atoms with Gasteiger partial charge in [-0.05, 0) is 37.4 Å². The Bertz CT molecular complexity index is 955. The van der Waals surface area contributed by atoms with Gasteiger partial charge in [-0.1, -0.05) is 12.1 Å². The number of fused-ring (bicyclic) bond motifs is 1. The van der Waals surface area contributed by atoms with Crippen LogP contribution in [0, 0.1) is 5.41 Å². The van der Waals surface area contributed by atoms with Crippen molar-refractivity contribution in [1.82, 2.24) is 20.9 Å². The average molecular weight is 426 g/mol. The van der Waals surface area contributed by atoms with Crippen molar-refractivity contribution < 1.29 is 23.9 Å². The maximum absolute atomic E-state index is 13.1. The minimum absolute atomic E-state index is 0.108. The van der Waals surface area contributed by atoms with E-state index in [2.05, 4.69) is 16.0 Å². The molecule has 9 nitrogen and oxygen atoms in total.